The van der Waals surface area contributed by atoms with Crippen LogP contribution in [-0.4, -0.2) is 45.4 Å². The standard InChI is InChI=1S/C7H11N3O.C7H9N3O.Mn.2O/c2*1-5-9-3-6(4-11)7(8-2)10-5;;;/h3,11H,4H2,1-2H3,(H,8,9,10);3-4H,1-2H3,(H,8,9,10);;;. The molecule has 0 aromatic carbocycles. The predicted octanol–water partition coefficient (Wildman–Crippen LogP) is 0.718. The molecule has 137 valence electrons. The molecule has 0 saturated carbocycles. The summed E-state index contributed by atoms with van der Waals surface area (Å²) in [5.74, 6) is 2.62. The summed E-state index contributed by atoms with van der Waals surface area (Å²) in [5, 5.41) is 14.5. The normalized spacial score (nSPS) is 8.84. The number of aromatic nitrogens is 4. The molecule has 10 nitrogen and oxygen atoms in total. The van der Waals surface area contributed by atoms with Crippen LogP contribution in [-0.2, 0) is 29.1 Å². The third-order valence-electron chi connectivity index (χ3n) is 2.69. The Labute approximate surface area is 151 Å². The third kappa shape index (κ3) is 8.25. The Morgan fingerprint density at radius 2 is 1.52 bits per heavy atom. The van der Waals surface area contributed by atoms with Crippen molar-refractivity contribution < 1.29 is 32.4 Å². The number of hydrogen-bond acceptors (Lipinski definition) is 10. The molecule has 0 fully saturated rings. The van der Waals surface area contributed by atoms with Gasteiger partial charge in [-0.05, 0) is 13.8 Å². The summed E-state index contributed by atoms with van der Waals surface area (Å²) in [6.07, 6.45) is 3.85. The maximum absolute atomic E-state index is 10.4. The van der Waals surface area contributed by atoms with E-state index in [1.165, 1.54) is 6.20 Å². The molecule has 0 spiro atoms. The number of aliphatic hydroxyl groups excluding tert-OH is 1. The average molecular weight is 391 g/mol. The molecule has 3 N–H and O–H groups in total. The molecule has 2 heterocycles. The Morgan fingerprint density at radius 3 is 1.96 bits per heavy atom. The fourth-order valence-corrected chi connectivity index (χ4v) is 1.59. The average Bonchev–Trinajstić information content (AvgIpc) is 2.62. The Kier molecular flexibility index (Phi) is 11.6. The van der Waals surface area contributed by atoms with Crippen LogP contribution in [0, 0.1) is 13.8 Å². The Morgan fingerprint density at radius 1 is 1.04 bits per heavy atom. The number of rotatable bonds is 4. The van der Waals surface area contributed by atoms with Crippen LogP contribution in [0.4, 0.5) is 11.6 Å². The zero-order chi connectivity index (χ0) is 19.2. The molecule has 2 aromatic rings. The molecule has 0 aliphatic heterocycles. The molecule has 2 aromatic heterocycles. The van der Waals surface area contributed by atoms with Gasteiger partial charge in [-0.15, -0.1) is 0 Å². The van der Waals surface area contributed by atoms with Crippen LogP contribution < -0.4 is 10.6 Å². The number of aldehydes is 1. The van der Waals surface area contributed by atoms with Crippen LogP contribution in [0.1, 0.15) is 27.6 Å². The molecule has 0 atom stereocenters. The monoisotopic (exact) mass is 391 g/mol. The second-order valence-electron chi connectivity index (χ2n) is 4.35. The van der Waals surface area contributed by atoms with Gasteiger partial charge in [-0.1, -0.05) is 0 Å². The molecule has 0 radical (unpaired) electrons. The van der Waals surface area contributed by atoms with Crippen molar-refractivity contribution in [3.63, 3.8) is 0 Å². The first kappa shape index (κ1) is 22.5. The van der Waals surface area contributed by atoms with Crippen LogP contribution in [0.15, 0.2) is 12.4 Å². The fraction of sp³-hybridized carbons (Fsp3) is 0.357. The molecule has 25 heavy (non-hydrogen) atoms. The topological polar surface area (TPSA) is 147 Å². The zero-order valence-corrected chi connectivity index (χ0v) is 15.5. The second kappa shape index (κ2) is 12.9. The molecule has 0 amide bonds. The van der Waals surface area contributed by atoms with Crippen molar-refractivity contribution in [3.8, 4) is 0 Å². The summed E-state index contributed by atoms with van der Waals surface area (Å²) >= 11 is -1.44. The van der Waals surface area contributed by atoms with E-state index in [0.29, 0.717) is 28.8 Å². The summed E-state index contributed by atoms with van der Waals surface area (Å²) < 4.78 is 16.8. The van der Waals surface area contributed by atoms with Gasteiger partial charge in [-0.3, -0.25) is 4.79 Å². The van der Waals surface area contributed by atoms with Crippen LogP contribution in [0.5, 0.6) is 0 Å². The van der Waals surface area contributed by atoms with E-state index in [9.17, 15) is 4.79 Å². The fourth-order valence-electron chi connectivity index (χ4n) is 1.59. The van der Waals surface area contributed by atoms with Gasteiger partial charge in [-0.25, -0.2) is 19.9 Å². The summed E-state index contributed by atoms with van der Waals surface area (Å²) in [7, 11) is 3.48. The number of aryl methyl sites for hydroxylation is 2. The molecular weight excluding hydrogens is 371 g/mol. The Balaban J connectivity index is 0.000000399. The van der Waals surface area contributed by atoms with Gasteiger partial charge in [0.2, 0.25) is 0 Å². The minimum atomic E-state index is -1.44. The van der Waals surface area contributed by atoms with Crippen molar-refractivity contribution >= 4 is 17.9 Å². The summed E-state index contributed by atoms with van der Waals surface area (Å²) in [4.78, 5) is 26.3. The van der Waals surface area contributed by atoms with Gasteiger partial charge in [0, 0.05) is 32.1 Å². The van der Waals surface area contributed by atoms with E-state index in [1.807, 2.05) is 6.92 Å². The molecule has 0 saturated heterocycles. The second-order valence-corrected chi connectivity index (χ2v) is 4.55. The molecule has 11 heteroatoms. The van der Waals surface area contributed by atoms with Gasteiger partial charge < -0.3 is 15.7 Å². The Hall–Kier alpha value is -2.49. The van der Waals surface area contributed by atoms with E-state index < -0.39 is 14.8 Å². The van der Waals surface area contributed by atoms with E-state index in [-0.39, 0.29) is 6.61 Å². The minimum absolute atomic E-state index is 0.0313. The van der Waals surface area contributed by atoms with Crippen molar-refractivity contribution in [1.82, 2.24) is 19.9 Å². The summed E-state index contributed by atoms with van der Waals surface area (Å²) in [6, 6.07) is 0. The molecular formula is C14H20MnN6O4. The van der Waals surface area contributed by atoms with Crippen LogP contribution >= 0.6 is 0 Å². The Bertz CT molecular complexity index is 722. The van der Waals surface area contributed by atoms with E-state index >= 15 is 0 Å². The van der Waals surface area contributed by atoms with Gasteiger partial charge in [0.05, 0.1) is 12.2 Å². The van der Waals surface area contributed by atoms with Crippen molar-refractivity contribution in [2.24, 2.45) is 0 Å². The number of carbonyl (C=O) groups is 1. The van der Waals surface area contributed by atoms with Gasteiger partial charge in [0.25, 0.3) is 0 Å². The first-order valence-electron chi connectivity index (χ1n) is 6.94. The molecule has 0 bridgehead atoms. The summed E-state index contributed by atoms with van der Waals surface area (Å²) in [6.45, 7) is 3.55. The summed E-state index contributed by atoms with van der Waals surface area (Å²) in [5.41, 5.74) is 1.20. The van der Waals surface area contributed by atoms with E-state index in [1.54, 1.807) is 27.2 Å². The number of anilines is 2. The SMILES string of the molecule is CNc1nc(C)ncc1C=O.CNc1nc(C)ncc1CO.[O]=[Mn]=[O]. The van der Waals surface area contributed by atoms with E-state index in [0.717, 1.165) is 11.8 Å². The van der Waals surface area contributed by atoms with Gasteiger partial charge in [0.15, 0.2) is 6.29 Å². The van der Waals surface area contributed by atoms with E-state index in [4.69, 9.17) is 12.8 Å². The zero-order valence-electron chi connectivity index (χ0n) is 14.3. The van der Waals surface area contributed by atoms with Crippen molar-refractivity contribution in [2.75, 3.05) is 24.7 Å². The quantitative estimate of drug-likeness (QED) is 0.503. The number of nitrogens with one attached hydrogen (secondary N) is 2. The number of carbonyl (C=O) groups excluding carboxylic acids is 1. The number of hydrogen-bond donors (Lipinski definition) is 3. The predicted molar refractivity (Wildman–Crippen MR) is 85.3 cm³/mol. The van der Waals surface area contributed by atoms with Crippen molar-refractivity contribution in [2.45, 2.75) is 20.5 Å². The van der Waals surface area contributed by atoms with Crippen LogP contribution in [0.25, 0.3) is 0 Å². The van der Waals surface area contributed by atoms with Crippen molar-refractivity contribution in [3.05, 3.63) is 35.2 Å². The third-order valence-corrected chi connectivity index (χ3v) is 2.69. The number of nitrogens with zero attached hydrogens (tertiary/aromatic N) is 4. The van der Waals surface area contributed by atoms with Gasteiger partial charge >= 0.3 is 22.5 Å². The van der Waals surface area contributed by atoms with Gasteiger partial charge in [0.1, 0.15) is 23.3 Å². The van der Waals surface area contributed by atoms with E-state index in [2.05, 4.69) is 30.6 Å². The molecule has 0 aliphatic rings. The molecule has 2 rings (SSSR count). The number of aliphatic hydroxyl groups is 1. The molecule has 0 aliphatic carbocycles. The molecule has 0 unspecified atom stereocenters. The van der Waals surface area contributed by atoms with Crippen molar-refractivity contribution in [1.29, 1.82) is 0 Å². The maximum atomic E-state index is 10.4. The van der Waals surface area contributed by atoms with Gasteiger partial charge in [-0.2, -0.15) is 0 Å². The van der Waals surface area contributed by atoms with Crippen LogP contribution in [0.3, 0.4) is 0 Å². The first-order chi connectivity index (χ1) is 12.0. The first-order valence-corrected chi connectivity index (χ1v) is 7.90. The van der Waals surface area contributed by atoms with Crippen LogP contribution in [0.2, 0.25) is 0 Å².